The van der Waals surface area contributed by atoms with Crippen molar-refractivity contribution in [2.45, 2.75) is 57.6 Å². The summed E-state index contributed by atoms with van der Waals surface area (Å²) in [4.78, 5) is 0. The number of phenols is 1. The van der Waals surface area contributed by atoms with Crippen molar-refractivity contribution in [3.63, 3.8) is 0 Å². The van der Waals surface area contributed by atoms with E-state index in [0.29, 0.717) is 19.3 Å². The number of aromatic hydroxyl groups is 1. The molecule has 2 aromatic carbocycles. The number of aliphatic hydroxyl groups excluding tert-OH is 1. The Kier molecular flexibility index (Phi) is 6.40. The average Bonchev–Trinajstić information content (AvgIpc) is 2.84. The quantitative estimate of drug-likeness (QED) is 0.304. The van der Waals surface area contributed by atoms with Crippen molar-refractivity contribution in [3.05, 3.63) is 65.1 Å². The molecule has 0 aliphatic heterocycles. The maximum absolute atomic E-state index is 10.7. The summed E-state index contributed by atoms with van der Waals surface area (Å²) in [6.45, 7) is -10.4. The molecule has 0 amide bonds. The molecular weight excluding hydrogens is 378 g/mol. The Balaban J connectivity index is 1.89. The molecule has 0 fully saturated rings. The van der Waals surface area contributed by atoms with Crippen molar-refractivity contribution in [1.82, 2.24) is 5.32 Å². The highest BCUT2D eigenvalue weighted by Crippen LogP contribution is 2.22. The normalized spacial score (nSPS) is 19.5. The highest BCUT2D eigenvalue weighted by molar-refractivity contribution is 5.36. The van der Waals surface area contributed by atoms with E-state index in [4.69, 9.17) is 19.8 Å². The van der Waals surface area contributed by atoms with E-state index in [1.165, 1.54) is 0 Å². The fourth-order valence-corrected chi connectivity index (χ4v) is 2.60. The standard InChI is InChI=1S/C25H37NO4/c27-20-23-18-22(13-14-24(23)28)25(29)19-26-15-7-1-2-8-16-30-17-9-6-12-21-10-4-3-5-11-21/h3-5,10-11,13-14,18,25-29H,1-2,6-9,12,15-17,19-20H2/i13D,14D,15D2,17D2,18D,19D2,20D2. The number of hydrogen-bond donors (Lipinski definition) is 4. The number of ether oxygens (including phenoxy) is 1. The molecule has 0 aliphatic rings. The van der Waals surface area contributed by atoms with Crippen LogP contribution in [0.4, 0.5) is 0 Å². The monoisotopic (exact) mass is 426 g/mol. The SMILES string of the molecule is [2H]c1c([2H])c(C(O)C([2H])([2H])NC([2H])([2H])CCCCCOC([2H])([2H])CCCc2ccccc2)c([2H])c(C([2H])([2H])O)c1O. The van der Waals surface area contributed by atoms with Crippen LogP contribution in [0.5, 0.6) is 5.75 Å². The lowest BCUT2D eigenvalue weighted by molar-refractivity contribution is 0.126. The van der Waals surface area contributed by atoms with Gasteiger partial charge in [-0.2, -0.15) is 0 Å². The van der Waals surface area contributed by atoms with Crippen molar-refractivity contribution < 1.29 is 35.1 Å². The molecule has 2 aromatic rings. The van der Waals surface area contributed by atoms with Crippen LogP contribution in [-0.4, -0.2) is 41.5 Å². The van der Waals surface area contributed by atoms with Crippen LogP contribution in [0.3, 0.4) is 0 Å². The van der Waals surface area contributed by atoms with E-state index in [-0.39, 0.29) is 25.9 Å². The minimum atomic E-state index is -3.33. The molecule has 0 bridgehead atoms. The molecule has 4 N–H and O–H groups in total. The van der Waals surface area contributed by atoms with Gasteiger partial charge in [0.05, 0.1) is 22.3 Å². The molecule has 0 heterocycles. The first-order chi connectivity index (χ1) is 18.8. The molecule has 0 saturated carbocycles. The number of nitrogens with one attached hydrogen (secondary N) is 1. The van der Waals surface area contributed by atoms with Crippen molar-refractivity contribution in [2.75, 3.05) is 26.2 Å². The molecule has 0 aliphatic carbocycles. The first-order valence-corrected chi connectivity index (χ1v) is 10.00. The molecule has 5 nitrogen and oxygen atoms in total. The minimum absolute atomic E-state index is 0.115. The van der Waals surface area contributed by atoms with Gasteiger partial charge in [0.1, 0.15) is 5.75 Å². The van der Waals surface area contributed by atoms with Gasteiger partial charge in [-0.1, -0.05) is 49.2 Å². The highest BCUT2D eigenvalue weighted by Gasteiger charge is 2.09. The molecule has 0 saturated heterocycles. The predicted molar refractivity (Wildman–Crippen MR) is 121 cm³/mol. The molecule has 2 rings (SSSR count). The van der Waals surface area contributed by atoms with E-state index >= 15 is 0 Å². The number of rotatable bonds is 16. The van der Waals surface area contributed by atoms with Crippen LogP contribution in [-0.2, 0) is 17.7 Å². The third kappa shape index (κ3) is 9.72. The van der Waals surface area contributed by atoms with Crippen molar-refractivity contribution in [2.24, 2.45) is 0 Å². The Morgan fingerprint density at radius 3 is 2.63 bits per heavy atom. The molecule has 1 atom stereocenters. The van der Waals surface area contributed by atoms with Gasteiger partial charge in [0.2, 0.25) is 0 Å². The van der Waals surface area contributed by atoms with E-state index < -0.39 is 67.2 Å². The average molecular weight is 427 g/mol. The largest absolute Gasteiger partial charge is 0.508 e. The summed E-state index contributed by atoms with van der Waals surface area (Å²) in [5.41, 5.74) is -0.899. The second-order valence-electron chi connectivity index (χ2n) is 6.62. The van der Waals surface area contributed by atoms with E-state index in [9.17, 15) is 15.3 Å². The van der Waals surface area contributed by atoms with Gasteiger partial charge in [-0.15, -0.1) is 0 Å². The van der Waals surface area contributed by atoms with E-state index in [1.807, 2.05) is 35.6 Å². The first-order valence-electron chi connectivity index (χ1n) is 15.5. The molecular formula is C25H37NO4. The lowest BCUT2D eigenvalue weighted by Gasteiger charge is -2.14. The summed E-state index contributed by atoms with van der Waals surface area (Å²) in [5, 5.41) is 32.3. The second-order valence-corrected chi connectivity index (χ2v) is 6.62. The van der Waals surface area contributed by atoms with Gasteiger partial charge in [0, 0.05) is 30.7 Å². The smallest absolute Gasteiger partial charge is 0.121 e. The van der Waals surface area contributed by atoms with Gasteiger partial charge in [-0.3, -0.25) is 0 Å². The molecule has 5 heteroatoms. The maximum Gasteiger partial charge on any atom is 0.121 e. The molecule has 0 radical (unpaired) electrons. The Morgan fingerprint density at radius 1 is 1.03 bits per heavy atom. The molecule has 0 spiro atoms. The van der Waals surface area contributed by atoms with Crippen molar-refractivity contribution >= 4 is 0 Å². The fraction of sp³-hybridized carbons (Fsp3) is 0.520. The van der Waals surface area contributed by atoms with E-state index in [2.05, 4.69) is 0 Å². The van der Waals surface area contributed by atoms with Gasteiger partial charge < -0.3 is 25.4 Å². The summed E-state index contributed by atoms with van der Waals surface area (Å²) in [5.74, 6) is -1.20. The van der Waals surface area contributed by atoms with Gasteiger partial charge in [0.15, 0.2) is 0 Å². The van der Waals surface area contributed by atoms with Crippen molar-refractivity contribution in [1.29, 1.82) is 0 Å². The zero-order chi connectivity index (χ0) is 31.2. The van der Waals surface area contributed by atoms with E-state index in [0.717, 1.165) is 12.0 Å². The number of aliphatic hydroxyl groups is 2. The van der Waals surface area contributed by atoms with Crippen LogP contribution in [0.1, 0.15) is 76.4 Å². The molecule has 166 valence electrons. The maximum atomic E-state index is 10.7. The lowest BCUT2D eigenvalue weighted by atomic mass is 10.1. The first kappa shape index (κ1) is 12.8. The number of hydrogen-bond acceptors (Lipinski definition) is 5. The van der Waals surface area contributed by atoms with E-state index in [1.54, 1.807) is 0 Å². The van der Waals surface area contributed by atoms with Crippen LogP contribution in [0.25, 0.3) is 0 Å². The Bertz CT molecular complexity index is 1140. The number of unbranched alkanes of at least 4 members (excludes halogenated alkanes) is 2. The van der Waals surface area contributed by atoms with Crippen LogP contribution in [0.15, 0.2) is 48.5 Å². The second kappa shape index (κ2) is 15.0. The van der Waals surface area contributed by atoms with Crippen LogP contribution in [0, 0.1) is 0 Å². The van der Waals surface area contributed by atoms with Crippen LogP contribution >= 0.6 is 0 Å². The summed E-state index contributed by atoms with van der Waals surface area (Å²) in [6.07, 6.45) is 0.0471. The zero-order valence-corrected chi connectivity index (χ0v) is 16.9. The van der Waals surface area contributed by atoms with Gasteiger partial charge in [-0.05, 0) is 61.8 Å². The third-order valence-corrected chi connectivity index (χ3v) is 4.23. The number of aryl methyl sites for hydroxylation is 1. The van der Waals surface area contributed by atoms with Gasteiger partial charge in [0.25, 0.3) is 0 Å². The van der Waals surface area contributed by atoms with Crippen LogP contribution in [0.2, 0.25) is 0 Å². The Labute approximate surface area is 196 Å². The highest BCUT2D eigenvalue weighted by atomic mass is 16.5. The lowest BCUT2D eigenvalue weighted by Crippen LogP contribution is -2.22. The van der Waals surface area contributed by atoms with Crippen molar-refractivity contribution in [3.8, 4) is 5.75 Å². The van der Waals surface area contributed by atoms with Crippen LogP contribution < -0.4 is 5.32 Å². The van der Waals surface area contributed by atoms with Gasteiger partial charge >= 0.3 is 0 Å². The predicted octanol–water partition coefficient (Wildman–Crippen LogP) is 4.11. The van der Waals surface area contributed by atoms with Gasteiger partial charge in [-0.25, -0.2) is 0 Å². The molecule has 0 aromatic heterocycles. The summed E-state index contributed by atoms with van der Waals surface area (Å²) in [7, 11) is 0. The summed E-state index contributed by atoms with van der Waals surface area (Å²) in [6, 6.07) is 6.62. The third-order valence-electron chi connectivity index (χ3n) is 4.23. The summed E-state index contributed by atoms with van der Waals surface area (Å²) < 4.78 is 92.5. The molecule has 1 unspecified atom stereocenters. The minimum Gasteiger partial charge on any atom is -0.508 e. The zero-order valence-electron chi connectivity index (χ0n) is 27.9. The Hall–Kier alpha value is -1.92. The number of benzene rings is 2. The topological polar surface area (TPSA) is 82.0 Å². The molecule has 30 heavy (non-hydrogen) atoms. The Morgan fingerprint density at radius 2 is 1.83 bits per heavy atom. The fourth-order valence-electron chi connectivity index (χ4n) is 2.60. The summed E-state index contributed by atoms with van der Waals surface area (Å²) >= 11 is 0.